The second-order valence-electron chi connectivity index (χ2n) is 6.87. The number of nitrogens with zero attached hydrogens (tertiary/aromatic N) is 6. The lowest BCUT2D eigenvalue weighted by molar-refractivity contribution is 0.182. The summed E-state index contributed by atoms with van der Waals surface area (Å²) in [5.41, 5.74) is 2.29. The maximum absolute atomic E-state index is 9.45. The minimum Gasteiger partial charge on any atom is -0.385 e. The minimum absolute atomic E-state index is 0.587. The molecule has 0 aliphatic carbocycles. The number of hydrogen-bond donors (Lipinski definition) is 2. The molecule has 4 aromatic rings. The van der Waals surface area contributed by atoms with Gasteiger partial charge in [-0.05, 0) is 25.0 Å². The van der Waals surface area contributed by atoms with Crippen LogP contribution in [0.5, 0.6) is 0 Å². The standard InChI is InChI=1S/2C11H13N3O/c2*1-9(15)11-12-8-13-14(11)7-10-5-3-2-4-6-10/h2*2-6,8-9,15H,7H2,1H3. The lowest BCUT2D eigenvalue weighted by Gasteiger charge is -2.07. The Morgan fingerprint density at radius 2 is 1.03 bits per heavy atom. The third kappa shape index (κ3) is 5.82. The molecule has 0 aliphatic heterocycles. The Bertz CT molecular complexity index is 929. The molecule has 2 N–H and O–H groups in total. The van der Waals surface area contributed by atoms with E-state index in [2.05, 4.69) is 20.2 Å². The maximum Gasteiger partial charge on any atom is 0.155 e. The summed E-state index contributed by atoms with van der Waals surface area (Å²) < 4.78 is 3.42. The van der Waals surface area contributed by atoms with Gasteiger partial charge in [0.2, 0.25) is 0 Å². The Morgan fingerprint density at radius 1 is 0.667 bits per heavy atom. The Hall–Kier alpha value is -3.36. The molecule has 30 heavy (non-hydrogen) atoms. The van der Waals surface area contributed by atoms with Crippen molar-refractivity contribution >= 4 is 0 Å². The number of benzene rings is 2. The van der Waals surface area contributed by atoms with Crippen LogP contribution in [-0.2, 0) is 13.1 Å². The fraction of sp³-hybridized carbons (Fsp3) is 0.273. The summed E-state index contributed by atoms with van der Waals surface area (Å²) in [5.74, 6) is 1.19. The van der Waals surface area contributed by atoms with Crippen molar-refractivity contribution in [3.63, 3.8) is 0 Å². The molecule has 0 saturated heterocycles. The van der Waals surface area contributed by atoms with Gasteiger partial charge in [-0.25, -0.2) is 19.3 Å². The summed E-state index contributed by atoms with van der Waals surface area (Å²) in [6, 6.07) is 20.0. The summed E-state index contributed by atoms with van der Waals surface area (Å²) in [4.78, 5) is 8.03. The van der Waals surface area contributed by atoms with E-state index in [4.69, 9.17) is 0 Å². The molecule has 2 atom stereocenters. The lowest BCUT2D eigenvalue weighted by atomic mass is 10.2. The molecule has 8 nitrogen and oxygen atoms in total. The highest BCUT2D eigenvalue weighted by molar-refractivity contribution is 5.16. The molecular weight excluding hydrogens is 380 g/mol. The molecule has 2 unspecified atom stereocenters. The second kappa shape index (κ2) is 10.4. The molecule has 0 aliphatic rings. The topological polar surface area (TPSA) is 102 Å². The summed E-state index contributed by atoms with van der Waals surface area (Å²) in [6.45, 7) is 4.65. The van der Waals surface area contributed by atoms with Gasteiger partial charge in [-0.3, -0.25) is 0 Å². The average molecular weight is 406 g/mol. The first-order valence-corrected chi connectivity index (χ1v) is 9.74. The molecular formula is C22H26N6O2. The molecule has 2 aromatic heterocycles. The Balaban J connectivity index is 0.000000171. The third-order valence-corrected chi connectivity index (χ3v) is 4.39. The van der Waals surface area contributed by atoms with Crippen LogP contribution in [0.4, 0.5) is 0 Å². The van der Waals surface area contributed by atoms with Crippen LogP contribution in [0.25, 0.3) is 0 Å². The predicted molar refractivity (Wildman–Crippen MR) is 112 cm³/mol. The van der Waals surface area contributed by atoms with Crippen molar-refractivity contribution in [2.24, 2.45) is 0 Å². The largest absolute Gasteiger partial charge is 0.385 e. The maximum atomic E-state index is 9.45. The van der Waals surface area contributed by atoms with Gasteiger partial charge in [-0.1, -0.05) is 60.7 Å². The fourth-order valence-corrected chi connectivity index (χ4v) is 2.95. The number of aliphatic hydroxyl groups excluding tert-OH is 2. The molecule has 2 heterocycles. The number of rotatable bonds is 6. The van der Waals surface area contributed by atoms with Crippen molar-refractivity contribution in [3.05, 3.63) is 96.1 Å². The Labute approximate surface area is 175 Å². The van der Waals surface area contributed by atoms with Gasteiger partial charge in [0.15, 0.2) is 11.6 Å². The fourth-order valence-electron chi connectivity index (χ4n) is 2.95. The SMILES string of the molecule is CC(O)c1ncnn1Cc1ccccc1.CC(O)c1ncnn1Cc1ccccc1. The number of hydrogen-bond acceptors (Lipinski definition) is 6. The van der Waals surface area contributed by atoms with Gasteiger partial charge in [0.05, 0.1) is 13.1 Å². The molecule has 0 saturated carbocycles. The van der Waals surface area contributed by atoms with Crippen molar-refractivity contribution in [1.82, 2.24) is 29.5 Å². The normalized spacial score (nSPS) is 12.7. The smallest absolute Gasteiger partial charge is 0.155 e. The van der Waals surface area contributed by atoms with Gasteiger partial charge < -0.3 is 10.2 Å². The van der Waals surface area contributed by atoms with Crippen LogP contribution < -0.4 is 0 Å². The van der Waals surface area contributed by atoms with Crippen LogP contribution >= 0.6 is 0 Å². The highest BCUT2D eigenvalue weighted by Crippen LogP contribution is 2.11. The summed E-state index contributed by atoms with van der Waals surface area (Å²) >= 11 is 0. The molecule has 0 spiro atoms. The number of aliphatic hydroxyl groups is 2. The lowest BCUT2D eigenvalue weighted by Crippen LogP contribution is -2.09. The van der Waals surface area contributed by atoms with Crippen LogP contribution in [0.1, 0.15) is 48.8 Å². The van der Waals surface area contributed by atoms with Crippen molar-refractivity contribution in [2.45, 2.75) is 39.1 Å². The van der Waals surface area contributed by atoms with Crippen LogP contribution in [0.15, 0.2) is 73.3 Å². The van der Waals surface area contributed by atoms with E-state index < -0.39 is 12.2 Å². The van der Waals surface area contributed by atoms with Crippen molar-refractivity contribution in [1.29, 1.82) is 0 Å². The van der Waals surface area contributed by atoms with Crippen molar-refractivity contribution in [3.8, 4) is 0 Å². The predicted octanol–water partition coefficient (Wildman–Crippen LogP) is 2.76. The van der Waals surface area contributed by atoms with Gasteiger partial charge in [0.25, 0.3) is 0 Å². The van der Waals surface area contributed by atoms with Crippen molar-refractivity contribution < 1.29 is 10.2 Å². The third-order valence-electron chi connectivity index (χ3n) is 4.39. The van der Waals surface area contributed by atoms with Gasteiger partial charge in [0.1, 0.15) is 24.9 Å². The van der Waals surface area contributed by atoms with Crippen LogP contribution in [-0.4, -0.2) is 39.7 Å². The first-order valence-electron chi connectivity index (χ1n) is 9.74. The second-order valence-corrected chi connectivity index (χ2v) is 6.87. The molecule has 4 rings (SSSR count). The zero-order chi connectivity index (χ0) is 21.3. The van der Waals surface area contributed by atoms with Gasteiger partial charge in [0, 0.05) is 0 Å². The van der Waals surface area contributed by atoms with E-state index in [-0.39, 0.29) is 0 Å². The molecule has 2 aromatic carbocycles. The van der Waals surface area contributed by atoms with E-state index >= 15 is 0 Å². The van der Waals surface area contributed by atoms with E-state index in [9.17, 15) is 10.2 Å². The average Bonchev–Trinajstić information content (AvgIpc) is 3.40. The molecule has 0 bridgehead atoms. The first-order chi connectivity index (χ1) is 14.5. The minimum atomic E-state index is -0.587. The Kier molecular flexibility index (Phi) is 7.42. The quantitative estimate of drug-likeness (QED) is 0.511. The molecule has 8 heteroatoms. The highest BCUT2D eigenvalue weighted by atomic mass is 16.3. The summed E-state index contributed by atoms with van der Waals surface area (Å²) in [7, 11) is 0. The first kappa shape index (κ1) is 21.4. The highest BCUT2D eigenvalue weighted by Gasteiger charge is 2.10. The van der Waals surface area contributed by atoms with E-state index in [1.54, 1.807) is 23.2 Å². The molecule has 156 valence electrons. The van der Waals surface area contributed by atoms with E-state index in [0.717, 1.165) is 11.1 Å². The monoisotopic (exact) mass is 406 g/mol. The van der Waals surface area contributed by atoms with Crippen LogP contribution in [0.2, 0.25) is 0 Å². The zero-order valence-electron chi connectivity index (χ0n) is 17.1. The molecule has 0 radical (unpaired) electrons. The molecule has 0 amide bonds. The van der Waals surface area contributed by atoms with E-state index in [0.29, 0.717) is 24.7 Å². The zero-order valence-corrected chi connectivity index (χ0v) is 17.1. The van der Waals surface area contributed by atoms with Crippen LogP contribution in [0, 0.1) is 0 Å². The van der Waals surface area contributed by atoms with E-state index in [1.165, 1.54) is 12.7 Å². The number of aromatic nitrogens is 6. The van der Waals surface area contributed by atoms with Gasteiger partial charge in [-0.15, -0.1) is 0 Å². The van der Waals surface area contributed by atoms with Gasteiger partial charge >= 0.3 is 0 Å². The van der Waals surface area contributed by atoms with Crippen molar-refractivity contribution in [2.75, 3.05) is 0 Å². The van der Waals surface area contributed by atoms with E-state index in [1.807, 2.05) is 60.7 Å². The van der Waals surface area contributed by atoms with Crippen LogP contribution in [0.3, 0.4) is 0 Å². The summed E-state index contributed by atoms with van der Waals surface area (Å²) in [6.07, 6.45) is 1.75. The molecule has 0 fully saturated rings. The van der Waals surface area contributed by atoms with Gasteiger partial charge in [-0.2, -0.15) is 10.2 Å². The summed E-state index contributed by atoms with van der Waals surface area (Å²) in [5, 5.41) is 27.1. The Morgan fingerprint density at radius 3 is 1.37 bits per heavy atom.